The molecule has 0 aliphatic carbocycles. The van der Waals surface area contributed by atoms with Gasteiger partial charge in [-0.3, -0.25) is 14.5 Å². The van der Waals surface area contributed by atoms with E-state index in [0.29, 0.717) is 18.9 Å². The molecule has 0 radical (unpaired) electrons. The molecule has 0 spiro atoms. The second kappa shape index (κ2) is 8.59. The van der Waals surface area contributed by atoms with Gasteiger partial charge in [0.15, 0.2) is 0 Å². The van der Waals surface area contributed by atoms with E-state index in [4.69, 9.17) is 0 Å². The zero-order valence-corrected chi connectivity index (χ0v) is 14.3. The molecule has 1 rings (SSSR count). The summed E-state index contributed by atoms with van der Waals surface area (Å²) in [5.74, 6) is -0.338. The minimum atomic E-state index is -0.744. The number of aliphatic carboxylic acids is 1. The standard InChI is InChI=1S/C15H28N2O3.ClH/c1-5-12(13(18)19)17-8-6-7-11(10-17)9-16-14(20)15(2,3)4;/h11-12H,5-10H2,1-4H3,(H,16,20)(H,18,19);1H. The Morgan fingerprint density at radius 3 is 2.48 bits per heavy atom. The number of carbonyl (C=O) groups excluding carboxylic acids is 1. The molecule has 2 N–H and O–H groups in total. The maximum Gasteiger partial charge on any atom is 0.320 e. The monoisotopic (exact) mass is 320 g/mol. The minimum Gasteiger partial charge on any atom is -0.480 e. The number of hydrogen-bond donors (Lipinski definition) is 2. The number of nitrogens with one attached hydrogen (secondary N) is 1. The molecule has 0 saturated carbocycles. The highest BCUT2D eigenvalue weighted by Gasteiger charge is 2.30. The summed E-state index contributed by atoms with van der Waals surface area (Å²) >= 11 is 0. The largest absolute Gasteiger partial charge is 0.480 e. The molecule has 124 valence electrons. The van der Waals surface area contributed by atoms with Crippen LogP contribution in [0.4, 0.5) is 0 Å². The fourth-order valence-corrected chi connectivity index (χ4v) is 2.64. The van der Waals surface area contributed by atoms with Gasteiger partial charge in [0, 0.05) is 18.5 Å². The van der Waals surface area contributed by atoms with Crippen molar-refractivity contribution in [1.29, 1.82) is 0 Å². The van der Waals surface area contributed by atoms with Crippen molar-refractivity contribution < 1.29 is 14.7 Å². The van der Waals surface area contributed by atoms with Crippen molar-refractivity contribution in [3.05, 3.63) is 0 Å². The predicted molar refractivity (Wildman–Crippen MR) is 85.7 cm³/mol. The molecule has 0 bridgehead atoms. The highest BCUT2D eigenvalue weighted by atomic mass is 35.5. The summed E-state index contributed by atoms with van der Waals surface area (Å²) in [6.45, 7) is 9.84. The zero-order valence-electron chi connectivity index (χ0n) is 13.5. The Morgan fingerprint density at radius 2 is 2.00 bits per heavy atom. The summed E-state index contributed by atoms with van der Waals surface area (Å²) in [7, 11) is 0. The summed E-state index contributed by atoms with van der Waals surface area (Å²) in [5.41, 5.74) is -0.374. The van der Waals surface area contributed by atoms with Crippen molar-refractivity contribution in [2.75, 3.05) is 19.6 Å². The van der Waals surface area contributed by atoms with E-state index < -0.39 is 12.0 Å². The Balaban J connectivity index is 0.00000400. The summed E-state index contributed by atoms with van der Waals surface area (Å²) < 4.78 is 0. The number of carboxylic acids is 1. The Bertz CT molecular complexity index is 355. The molecule has 0 aromatic carbocycles. The van der Waals surface area contributed by atoms with Gasteiger partial charge in [0.05, 0.1) is 0 Å². The van der Waals surface area contributed by atoms with Crippen LogP contribution >= 0.6 is 12.4 Å². The second-order valence-corrected chi connectivity index (χ2v) is 6.73. The quantitative estimate of drug-likeness (QED) is 0.814. The van der Waals surface area contributed by atoms with Gasteiger partial charge in [0.25, 0.3) is 0 Å². The van der Waals surface area contributed by atoms with Crippen molar-refractivity contribution in [3.63, 3.8) is 0 Å². The maximum atomic E-state index is 11.9. The van der Waals surface area contributed by atoms with Crippen LogP contribution in [0.25, 0.3) is 0 Å². The molecular formula is C15H29ClN2O3. The SMILES string of the molecule is CCC(C(=O)O)N1CCCC(CNC(=O)C(C)(C)C)C1.Cl. The lowest BCUT2D eigenvalue weighted by Gasteiger charge is -2.36. The van der Waals surface area contributed by atoms with Crippen LogP contribution in [0.15, 0.2) is 0 Å². The van der Waals surface area contributed by atoms with Gasteiger partial charge in [-0.25, -0.2) is 0 Å². The Kier molecular flexibility index (Phi) is 8.26. The first-order chi connectivity index (χ1) is 9.25. The van der Waals surface area contributed by atoms with Crippen LogP contribution in [0.5, 0.6) is 0 Å². The molecule has 1 saturated heterocycles. The zero-order chi connectivity index (χ0) is 15.3. The van der Waals surface area contributed by atoms with E-state index in [-0.39, 0.29) is 23.7 Å². The summed E-state index contributed by atoms with van der Waals surface area (Å²) in [6.07, 6.45) is 2.67. The molecule has 5 nitrogen and oxygen atoms in total. The number of carboxylic acid groups (broad SMARTS) is 1. The van der Waals surface area contributed by atoms with E-state index in [1.165, 1.54) is 0 Å². The molecule has 1 aliphatic rings. The minimum absolute atomic E-state index is 0. The van der Waals surface area contributed by atoms with Crippen LogP contribution in [-0.2, 0) is 9.59 Å². The van der Waals surface area contributed by atoms with E-state index in [0.717, 1.165) is 25.9 Å². The number of piperidine rings is 1. The molecule has 0 aromatic heterocycles. The molecule has 2 unspecified atom stereocenters. The molecule has 21 heavy (non-hydrogen) atoms. The van der Waals surface area contributed by atoms with Crippen molar-refractivity contribution in [2.24, 2.45) is 11.3 Å². The van der Waals surface area contributed by atoms with E-state index >= 15 is 0 Å². The van der Waals surface area contributed by atoms with Crippen LogP contribution in [-0.4, -0.2) is 47.6 Å². The number of amides is 1. The van der Waals surface area contributed by atoms with Gasteiger partial charge < -0.3 is 10.4 Å². The van der Waals surface area contributed by atoms with E-state index in [2.05, 4.69) is 5.32 Å². The highest BCUT2D eigenvalue weighted by Crippen LogP contribution is 2.20. The van der Waals surface area contributed by atoms with Gasteiger partial charge in [-0.1, -0.05) is 27.7 Å². The van der Waals surface area contributed by atoms with Crippen molar-refractivity contribution in [2.45, 2.75) is 53.0 Å². The lowest BCUT2D eigenvalue weighted by molar-refractivity contribution is -0.144. The Labute approximate surface area is 133 Å². The number of likely N-dealkylation sites (tertiary alicyclic amines) is 1. The van der Waals surface area contributed by atoms with E-state index in [1.54, 1.807) is 0 Å². The second-order valence-electron chi connectivity index (χ2n) is 6.73. The average molecular weight is 321 g/mol. The number of hydrogen-bond acceptors (Lipinski definition) is 3. The third kappa shape index (κ3) is 6.22. The van der Waals surface area contributed by atoms with Crippen LogP contribution in [0.2, 0.25) is 0 Å². The molecule has 1 fully saturated rings. The molecular weight excluding hydrogens is 292 g/mol. The Hall–Kier alpha value is -0.810. The number of rotatable bonds is 5. The molecule has 1 aliphatic heterocycles. The normalized spacial score (nSPS) is 21.2. The fourth-order valence-electron chi connectivity index (χ4n) is 2.64. The predicted octanol–water partition coefficient (Wildman–Crippen LogP) is 2.15. The van der Waals surface area contributed by atoms with Crippen LogP contribution < -0.4 is 5.32 Å². The highest BCUT2D eigenvalue weighted by molar-refractivity contribution is 5.85. The first-order valence-electron chi connectivity index (χ1n) is 7.50. The average Bonchev–Trinajstić information content (AvgIpc) is 2.35. The first-order valence-corrected chi connectivity index (χ1v) is 7.50. The summed E-state index contributed by atoms with van der Waals surface area (Å²) in [6, 6.07) is -0.392. The molecule has 6 heteroatoms. The van der Waals surface area contributed by atoms with E-state index in [9.17, 15) is 14.7 Å². The third-order valence-corrected chi connectivity index (χ3v) is 3.90. The lowest BCUT2D eigenvalue weighted by Crippen LogP contribution is -2.49. The molecule has 2 atom stereocenters. The van der Waals surface area contributed by atoms with Gasteiger partial charge in [0.2, 0.25) is 5.91 Å². The molecule has 1 amide bonds. The number of halogens is 1. The smallest absolute Gasteiger partial charge is 0.320 e. The summed E-state index contributed by atoms with van der Waals surface area (Å²) in [4.78, 5) is 25.1. The first kappa shape index (κ1) is 20.2. The number of carbonyl (C=O) groups is 2. The molecule has 1 heterocycles. The lowest BCUT2D eigenvalue weighted by atomic mass is 9.93. The van der Waals surface area contributed by atoms with Gasteiger partial charge in [-0.05, 0) is 31.7 Å². The van der Waals surface area contributed by atoms with Crippen molar-refractivity contribution in [1.82, 2.24) is 10.2 Å². The van der Waals surface area contributed by atoms with E-state index in [1.807, 2.05) is 32.6 Å². The molecule has 0 aromatic rings. The van der Waals surface area contributed by atoms with Gasteiger partial charge in [0.1, 0.15) is 6.04 Å². The Morgan fingerprint density at radius 1 is 1.38 bits per heavy atom. The van der Waals surface area contributed by atoms with Crippen LogP contribution in [0.1, 0.15) is 47.0 Å². The van der Waals surface area contributed by atoms with Crippen molar-refractivity contribution in [3.8, 4) is 0 Å². The van der Waals surface area contributed by atoms with Crippen LogP contribution in [0.3, 0.4) is 0 Å². The van der Waals surface area contributed by atoms with Gasteiger partial charge in [-0.2, -0.15) is 0 Å². The number of nitrogens with zero attached hydrogens (tertiary/aromatic N) is 1. The van der Waals surface area contributed by atoms with Crippen LogP contribution in [0, 0.1) is 11.3 Å². The van der Waals surface area contributed by atoms with Gasteiger partial charge >= 0.3 is 5.97 Å². The third-order valence-electron chi connectivity index (χ3n) is 3.90. The van der Waals surface area contributed by atoms with Gasteiger partial charge in [-0.15, -0.1) is 12.4 Å². The summed E-state index contributed by atoms with van der Waals surface area (Å²) in [5, 5.41) is 12.2. The topological polar surface area (TPSA) is 69.6 Å². The van der Waals surface area contributed by atoms with Crippen molar-refractivity contribution >= 4 is 24.3 Å². The maximum absolute atomic E-state index is 11.9. The fraction of sp³-hybridized carbons (Fsp3) is 0.867.